The summed E-state index contributed by atoms with van der Waals surface area (Å²) in [5.74, 6) is 0.786. The summed E-state index contributed by atoms with van der Waals surface area (Å²) in [4.78, 5) is 29.4. The molecule has 1 fully saturated rings. The maximum absolute atomic E-state index is 12.8. The van der Waals surface area contributed by atoms with Gasteiger partial charge in [0.25, 0.3) is 5.56 Å². The van der Waals surface area contributed by atoms with Crippen molar-refractivity contribution in [3.05, 3.63) is 57.7 Å². The zero-order valence-corrected chi connectivity index (χ0v) is 18.4. The highest BCUT2D eigenvalue weighted by Crippen LogP contribution is 2.27. The summed E-state index contributed by atoms with van der Waals surface area (Å²) in [5.41, 5.74) is 1.37. The van der Waals surface area contributed by atoms with E-state index in [4.69, 9.17) is 11.6 Å². The van der Waals surface area contributed by atoms with Crippen LogP contribution in [0, 0.1) is 5.92 Å². The van der Waals surface area contributed by atoms with Gasteiger partial charge in [0, 0.05) is 18.0 Å². The van der Waals surface area contributed by atoms with Crippen LogP contribution in [0.4, 0.5) is 0 Å². The molecule has 0 unspecified atom stereocenters. The molecule has 31 heavy (non-hydrogen) atoms. The smallest absolute Gasteiger partial charge is 0.264 e. The van der Waals surface area contributed by atoms with Crippen LogP contribution in [0.3, 0.4) is 0 Å². The van der Waals surface area contributed by atoms with Crippen molar-refractivity contribution >= 4 is 28.5 Å². The first-order valence-electron chi connectivity index (χ1n) is 11.0. The average Bonchev–Trinajstić information content (AvgIpc) is 3.20. The lowest BCUT2D eigenvalue weighted by Crippen LogP contribution is -2.28. The Balaban J connectivity index is 1.32. The predicted molar refractivity (Wildman–Crippen MR) is 121 cm³/mol. The fourth-order valence-corrected chi connectivity index (χ4v) is 4.39. The molecular formula is C23H28ClN5O2. The Bertz CT molecular complexity index is 1080. The van der Waals surface area contributed by atoms with Crippen LogP contribution in [-0.2, 0) is 17.9 Å². The highest BCUT2D eigenvalue weighted by molar-refractivity contribution is 6.30. The highest BCUT2D eigenvalue weighted by Gasteiger charge is 2.15. The van der Waals surface area contributed by atoms with E-state index >= 15 is 0 Å². The van der Waals surface area contributed by atoms with E-state index in [1.54, 1.807) is 33.9 Å². The van der Waals surface area contributed by atoms with Crippen LogP contribution in [0.1, 0.15) is 50.5 Å². The molecule has 1 aliphatic rings. The summed E-state index contributed by atoms with van der Waals surface area (Å²) in [5, 5.41) is 8.40. The summed E-state index contributed by atoms with van der Waals surface area (Å²) in [7, 11) is 0. The molecule has 1 amide bonds. The number of hydrogen-bond donors (Lipinski definition) is 1. The Hall–Kier alpha value is -2.67. The van der Waals surface area contributed by atoms with E-state index in [1.807, 2.05) is 12.1 Å². The molecule has 164 valence electrons. The quantitative estimate of drug-likeness (QED) is 0.576. The van der Waals surface area contributed by atoms with E-state index in [1.165, 1.54) is 32.1 Å². The summed E-state index contributed by atoms with van der Waals surface area (Å²) < 4.78 is 3.23. The van der Waals surface area contributed by atoms with Gasteiger partial charge in [0.05, 0.1) is 19.3 Å². The maximum atomic E-state index is 12.8. The highest BCUT2D eigenvalue weighted by atomic mass is 35.5. The molecule has 0 atom stereocenters. The monoisotopic (exact) mass is 441 g/mol. The molecule has 1 aromatic carbocycles. The van der Waals surface area contributed by atoms with Gasteiger partial charge in [-0.25, -0.2) is 9.67 Å². The van der Waals surface area contributed by atoms with Crippen LogP contribution in [0.2, 0.25) is 5.02 Å². The molecule has 8 heteroatoms. The van der Waals surface area contributed by atoms with Crippen molar-refractivity contribution in [2.24, 2.45) is 5.92 Å². The maximum Gasteiger partial charge on any atom is 0.264 e. The molecule has 4 rings (SSSR count). The molecule has 0 aliphatic heterocycles. The molecule has 0 radical (unpaired) electrons. The van der Waals surface area contributed by atoms with Crippen molar-refractivity contribution in [1.82, 2.24) is 24.6 Å². The Labute approximate surface area is 186 Å². The lowest BCUT2D eigenvalue weighted by atomic mass is 9.86. The first-order valence-corrected chi connectivity index (χ1v) is 11.4. The molecule has 1 aliphatic carbocycles. The molecular weight excluding hydrogens is 414 g/mol. The van der Waals surface area contributed by atoms with E-state index in [0.717, 1.165) is 12.0 Å². The Morgan fingerprint density at radius 2 is 1.94 bits per heavy atom. The number of aromatic nitrogens is 4. The van der Waals surface area contributed by atoms with Crippen LogP contribution >= 0.6 is 11.6 Å². The first-order chi connectivity index (χ1) is 15.1. The number of rotatable bonds is 8. The normalized spacial score (nSPS) is 14.7. The number of nitrogens with one attached hydrogen (secondary N) is 1. The molecule has 1 saturated carbocycles. The Kier molecular flexibility index (Phi) is 7.02. The van der Waals surface area contributed by atoms with Crippen molar-refractivity contribution in [2.75, 3.05) is 6.54 Å². The van der Waals surface area contributed by atoms with Crippen LogP contribution in [0.15, 0.2) is 41.6 Å². The summed E-state index contributed by atoms with van der Waals surface area (Å²) >= 11 is 5.92. The molecule has 7 nitrogen and oxygen atoms in total. The number of benzene rings is 1. The SMILES string of the molecule is O=C(CCC1CCCCC1)NCCn1ncc2c(=O)n(Cc3ccc(Cl)cc3)cnc21. The van der Waals surface area contributed by atoms with Gasteiger partial charge in [-0.3, -0.25) is 14.2 Å². The molecule has 1 N–H and O–H groups in total. The van der Waals surface area contributed by atoms with E-state index < -0.39 is 0 Å². The third-order valence-corrected chi connectivity index (χ3v) is 6.29. The zero-order chi connectivity index (χ0) is 21.6. The van der Waals surface area contributed by atoms with Crippen LogP contribution in [0.25, 0.3) is 11.0 Å². The first kappa shape index (κ1) is 21.6. The van der Waals surface area contributed by atoms with Crippen LogP contribution in [-0.4, -0.2) is 31.8 Å². The third kappa shape index (κ3) is 5.53. The van der Waals surface area contributed by atoms with E-state index in [2.05, 4.69) is 15.4 Å². The van der Waals surface area contributed by atoms with Gasteiger partial charge in [-0.1, -0.05) is 55.8 Å². The van der Waals surface area contributed by atoms with E-state index in [0.29, 0.717) is 48.0 Å². The average molecular weight is 442 g/mol. The third-order valence-electron chi connectivity index (χ3n) is 6.04. The van der Waals surface area contributed by atoms with Crippen molar-refractivity contribution in [1.29, 1.82) is 0 Å². The van der Waals surface area contributed by atoms with Crippen molar-refractivity contribution < 1.29 is 4.79 Å². The number of carbonyl (C=O) groups excluding carboxylic acids is 1. The second kappa shape index (κ2) is 10.1. The van der Waals surface area contributed by atoms with Crippen molar-refractivity contribution in [3.8, 4) is 0 Å². The van der Waals surface area contributed by atoms with Gasteiger partial charge in [0.15, 0.2) is 5.65 Å². The minimum absolute atomic E-state index is 0.0836. The molecule has 0 saturated heterocycles. The largest absolute Gasteiger partial charge is 0.354 e. The van der Waals surface area contributed by atoms with Gasteiger partial charge in [0.2, 0.25) is 5.91 Å². The fourth-order valence-electron chi connectivity index (χ4n) is 4.26. The van der Waals surface area contributed by atoms with Gasteiger partial charge in [-0.15, -0.1) is 0 Å². The van der Waals surface area contributed by atoms with E-state index in [-0.39, 0.29) is 11.5 Å². The number of carbonyl (C=O) groups is 1. The fraction of sp³-hybridized carbons (Fsp3) is 0.478. The van der Waals surface area contributed by atoms with Gasteiger partial charge in [-0.2, -0.15) is 5.10 Å². The van der Waals surface area contributed by atoms with Crippen molar-refractivity contribution in [3.63, 3.8) is 0 Å². The molecule has 0 bridgehead atoms. The van der Waals surface area contributed by atoms with Gasteiger partial charge in [-0.05, 0) is 30.0 Å². The molecule has 2 aromatic heterocycles. The number of hydrogen-bond acceptors (Lipinski definition) is 4. The number of halogens is 1. The Morgan fingerprint density at radius 1 is 1.16 bits per heavy atom. The minimum atomic E-state index is -0.136. The number of nitrogens with zero attached hydrogens (tertiary/aromatic N) is 4. The summed E-state index contributed by atoms with van der Waals surface area (Å²) in [6.07, 6.45) is 11.1. The van der Waals surface area contributed by atoms with Gasteiger partial charge >= 0.3 is 0 Å². The van der Waals surface area contributed by atoms with Gasteiger partial charge < -0.3 is 5.32 Å². The Morgan fingerprint density at radius 3 is 2.71 bits per heavy atom. The zero-order valence-electron chi connectivity index (χ0n) is 17.6. The minimum Gasteiger partial charge on any atom is -0.354 e. The number of amides is 1. The second-order valence-electron chi connectivity index (χ2n) is 8.30. The summed E-state index contributed by atoms with van der Waals surface area (Å²) in [6, 6.07) is 7.38. The number of fused-ring (bicyclic) bond motifs is 1. The van der Waals surface area contributed by atoms with Crippen molar-refractivity contribution in [2.45, 2.75) is 58.0 Å². The predicted octanol–water partition coefficient (Wildman–Crippen LogP) is 3.77. The summed E-state index contributed by atoms with van der Waals surface area (Å²) in [6.45, 7) is 1.36. The standard InChI is InChI=1S/C23H28ClN5O2/c24-19-9-6-18(7-10-19)15-28-16-26-22-20(23(28)31)14-27-29(22)13-12-25-21(30)11-8-17-4-2-1-3-5-17/h6-7,9-10,14,16-17H,1-5,8,11-13,15H2,(H,25,30). The molecule has 0 spiro atoms. The lowest BCUT2D eigenvalue weighted by molar-refractivity contribution is -0.121. The van der Waals surface area contributed by atoms with Gasteiger partial charge in [0.1, 0.15) is 11.7 Å². The van der Waals surface area contributed by atoms with Crippen LogP contribution < -0.4 is 10.9 Å². The lowest BCUT2D eigenvalue weighted by Gasteiger charge is -2.20. The molecule has 3 aromatic rings. The molecule has 2 heterocycles. The topological polar surface area (TPSA) is 81.8 Å². The van der Waals surface area contributed by atoms with E-state index in [9.17, 15) is 9.59 Å². The second-order valence-corrected chi connectivity index (χ2v) is 8.74. The van der Waals surface area contributed by atoms with Crippen LogP contribution in [0.5, 0.6) is 0 Å².